The Balaban J connectivity index is 1.97. The molecule has 1 aliphatic heterocycles. The van der Waals surface area contributed by atoms with Crippen LogP contribution in [0, 0.1) is 11.8 Å². The lowest BCUT2D eigenvalue weighted by Crippen LogP contribution is -2.49. The van der Waals surface area contributed by atoms with Crippen molar-refractivity contribution in [2.24, 2.45) is 11.8 Å². The first kappa shape index (κ1) is 28.2. The molecule has 0 aromatic heterocycles. The van der Waals surface area contributed by atoms with Gasteiger partial charge in [-0.1, -0.05) is 36.4 Å². The predicted octanol–water partition coefficient (Wildman–Crippen LogP) is 5.16. The van der Waals surface area contributed by atoms with Crippen LogP contribution in [0.3, 0.4) is 0 Å². The van der Waals surface area contributed by atoms with Crippen LogP contribution in [0.15, 0.2) is 54.1 Å². The molecule has 0 bridgehead atoms. The summed E-state index contributed by atoms with van der Waals surface area (Å²) in [5.74, 6) is -2.05. The molecule has 0 radical (unpaired) electrons. The summed E-state index contributed by atoms with van der Waals surface area (Å²) in [4.78, 5) is 26.8. The van der Waals surface area contributed by atoms with Gasteiger partial charge in [0, 0.05) is 7.11 Å². The van der Waals surface area contributed by atoms with Gasteiger partial charge in [0.05, 0.1) is 17.1 Å². The van der Waals surface area contributed by atoms with Crippen LogP contribution in [0.2, 0.25) is 6.32 Å². The second-order valence-corrected chi connectivity index (χ2v) is 11.5. The molecule has 3 rings (SSSR count). The minimum atomic E-state index is -1.15. The van der Waals surface area contributed by atoms with Crippen LogP contribution >= 0.6 is 0 Å². The van der Waals surface area contributed by atoms with Crippen molar-refractivity contribution in [3.05, 3.63) is 54.1 Å². The van der Waals surface area contributed by atoms with Crippen LogP contribution in [-0.4, -0.2) is 48.6 Å². The second-order valence-electron chi connectivity index (χ2n) is 11.5. The lowest BCUT2D eigenvalue weighted by atomic mass is 9.67. The highest BCUT2D eigenvalue weighted by molar-refractivity contribution is 6.46. The Kier molecular flexibility index (Phi) is 7.94. The number of carbonyl (C=O) groups is 2. The van der Waals surface area contributed by atoms with E-state index in [2.05, 4.69) is 0 Å². The van der Waals surface area contributed by atoms with Gasteiger partial charge in [0.15, 0.2) is 0 Å². The Morgan fingerprint density at radius 2 is 1.61 bits per heavy atom. The summed E-state index contributed by atoms with van der Waals surface area (Å²) in [5, 5.41) is 0. The molecule has 3 atom stereocenters. The van der Waals surface area contributed by atoms with E-state index in [1.165, 1.54) is 7.11 Å². The molecule has 0 N–H and O–H groups in total. The Bertz CT molecular complexity index is 1010. The normalized spacial score (nSPS) is 25.8. The predicted molar refractivity (Wildman–Crippen MR) is 138 cm³/mol. The molecular formula is C28H39BO7. The molecule has 3 unspecified atom stereocenters. The maximum atomic E-state index is 13.7. The standard InChI is InChI=1S/C28H39BO7/c1-25(2,3)34-24(31)22-17-13-16-21(28(22,8)32-9)20(23(30)33-19-14-11-10-12-15-19)18-29-35-26(4,5)27(6,7)36-29/h10-17,20,22H,18H2,1-9H3. The molecule has 0 spiro atoms. The van der Waals surface area contributed by atoms with E-state index in [9.17, 15) is 9.59 Å². The lowest BCUT2D eigenvalue weighted by molar-refractivity contribution is -0.166. The van der Waals surface area contributed by atoms with E-state index in [1.807, 2.05) is 60.6 Å². The fraction of sp³-hybridized carbons (Fsp3) is 0.571. The third-order valence-corrected chi connectivity index (χ3v) is 7.18. The maximum absolute atomic E-state index is 13.7. The lowest BCUT2D eigenvalue weighted by Gasteiger charge is -2.41. The summed E-state index contributed by atoms with van der Waals surface area (Å²) in [7, 11) is 0.870. The van der Waals surface area contributed by atoms with E-state index < -0.39 is 53.3 Å². The van der Waals surface area contributed by atoms with Gasteiger partial charge in [0.25, 0.3) is 0 Å². The fourth-order valence-electron chi connectivity index (χ4n) is 4.45. The van der Waals surface area contributed by atoms with Gasteiger partial charge in [-0.25, -0.2) is 0 Å². The van der Waals surface area contributed by atoms with Gasteiger partial charge < -0.3 is 23.5 Å². The van der Waals surface area contributed by atoms with Crippen LogP contribution < -0.4 is 4.74 Å². The molecule has 7 nitrogen and oxygen atoms in total. The summed E-state index contributed by atoms with van der Waals surface area (Å²) in [6, 6.07) is 8.88. The number of esters is 2. The number of allylic oxidation sites excluding steroid dienone is 2. The highest BCUT2D eigenvalue weighted by Gasteiger charge is 2.54. The Hall–Kier alpha value is -2.42. The number of para-hydroxylation sites is 1. The number of hydrogen-bond donors (Lipinski definition) is 0. The first-order valence-corrected chi connectivity index (χ1v) is 12.4. The topological polar surface area (TPSA) is 80.3 Å². The van der Waals surface area contributed by atoms with Crippen molar-refractivity contribution in [2.45, 2.75) is 84.1 Å². The van der Waals surface area contributed by atoms with E-state index >= 15 is 0 Å². The zero-order valence-electron chi connectivity index (χ0n) is 22.9. The first-order valence-electron chi connectivity index (χ1n) is 12.4. The molecule has 1 fully saturated rings. The molecule has 36 heavy (non-hydrogen) atoms. The fourth-order valence-corrected chi connectivity index (χ4v) is 4.45. The van der Waals surface area contributed by atoms with Gasteiger partial charge in [-0.3, -0.25) is 9.59 Å². The SMILES string of the molecule is COC1(C)C(C(CB2OC(C)(C)C(C)(C)O2)C(=O)Oc2ccccc2)=CC=CC1C(=O)OC(C)(C)C. The first-order chi connectivity index (χ1) is 16.6. The zero-order valence-corrected chi connectivity index (χ0v) is 22.9. The summed E-state index contributed by atoms with van der Waals surface area (Å²) in [6.07, 6.45) is 5.51. The molecule has 1 aliphatic carbocycles. The van der Waals surface area contributed by atoms with Gasteiger partial charge in [0.2, 0.25) is 0 Å². The number of benzene rings is 1. The minimum Gasteiger partial charge on any atom is -0.459 e. The zero-order chi connectivity index (χ0) is 26.9. The summed E-state index contributed by atoms with van der Waals surface area (Å²) >= 11 is 0. The molecule has 1 heterocycles. The minimum absolute atomic E-state index is 0.193. The van der Waals surface area contributed by atoms with Gasteiger partial charge in [-0.2, -0.15) is 0 Å². The molecule has 2 aliphatic rings. The van der Waals surface area contributed by atoms with Crippen molar-refractivity contribution in [3.63, 3.8) is 0 Å². The number of carbonyl (C=O) groups excluding carboxylic acids is 2. The second kappa shape index (κ2) is 10.2. The third kappa shape index (κ3) is 5.93. The van der Waals surface area contributed by atoms with Crippen LogP contribution in [0.1, 0.15) is 55.4 Å². The van der Waals surface area contributed by atoms with E-state index in [0.717, 1.165) is 0 Å². The number of hydrogen-bond acceptors (Lipinski definition) is 7. The van der Waals surface area contributed by atoms with Gasteiger partial charge in [-0.05, 0) is 79.4 Å². The van der Waals surface area contributed by atoms with Crippen molar-refractivity contribution in [1.29, 1.82) is 0 Å². The van der Waals surface area contributed by atoms with Gasteiger partial charge >= 0.3 is 19.1 Å². The maximum Gasteiger partial charge on any atom is 0.459 e. The molecule has 1 aromatic carbocycles. The average molecular weight is 498 g/mol. The molecule has 0 amide bonds. The van der Waals surface area contributed by atoms with Crippen LogP contribution in [0.4, 0.5) is 0 Å². The molecule has 8 heteroatoms. The monoisotopic (exact) mass is 498 g/mol. The molecule has 0 saturated carbocycles. The average Bonchev–Trinajstić information content (AvgIpc) is 2.97. The van der Waals surface area contributed by atoms with Crippen LogP contribution in [0.5, 0.6) is 5.75 Å². The highest BCUT2D eigenvalue weighted by Crippen LogP contribution is 2.44. The Morgan fingerprint density at radius 1 is 1.03 bits per heavy atom. The molecular weight excluding hydrogens is 459 g/mol. The largest absolute Gasteiger partial charge is 0.459 e. The van der Waals surface area contributed by atoms with E-state index in [0.29, 0.717) is 11.3 Å². The Morgan fingerprint density at radius 3 is 2.14 bits per heavy atom. The number of ether oxygens (including phenoxy) is 3. The van der Waals surface area contributed by atoms with Crippen molar-refractivity contribution in [3.8, 4) is 5.75 Å². The van der Waals surface area contributed by atoms with Crippen LogP contribution in [-0.2, 0) is 28.4 Å². The number of rotatable bonds is 7. The van der Waals surface area contributed by atoms with Crippen molar-refractivity contribution in [1.82, 2.24) is 0 Å². The van der Waals surface area contributed by atoms with Crippen molar-refractivity contribution in [2.75, 3.05) is 7.11 Å². The Labute approximate surface area is 215 Å². The molecule has 196 valence electrons. The molecule has 1 saturated heterocycles. The third-order valence-electron chi connectivity index (χ3n) is 7.18. The smallest absolute Gasteiger partial charge is 0.459 e. The van der Waals surface area contributed by atoms with Gasteiger partial charge in [-0.15, -0.1) is 0 Å². The summed E-state index contributed by atoms with van der Waals surface area (Å²) < 4.78 is 29.9. The van der Waals surface area contributed by atoms with Crippen molar-refractivity contribution >= 4 is 19.1 Å². The highest BCUT2D eigenvalue weighted by atomic mass is 16.7. The van der Waals surface area contributed by atoms with E-state index in [-0.39, 0.29) is 6.32 Å². The quantitative estimate of drug-likeness (QED) is 0.292. The van der Waals surface area contributed by atoms with Crippen LogP contribution in [0.25, 0.3) is 0 Å². The number of methoxy groups -OCH3 is 1. The summed E-state index contributed by atoms with van der Waals surface area (Å²) in [6.45, 7) is 15.1. The molecule has 1 aromatic rings. The van der Waals surface area contributed by atoms with E-state index in [4.69, 9.17) is 23.5 Å². The summed E-state index contributed by atoms with van der Waals surface area (Å²) in [5.41, 5.74) is -2.35. The van der Waals surface area contributed by atoms with Gasteiger partial charge in [0.1, 0.15) is 22.9 Å². The van der Waals surface area contributed by atoms with Crippen molar-refractivity contribution < 1.29 is 33.1 Å². The van der Waals surface area contributed by atoms with E-state index in [1.54, 1.807) is 43.3 Å².